The summed E-state index contributed by atoms with van der Waals surface area (Å²) in [6.07, 6.45) is 8.02. The van der Waals surface area contributed by atoms with Crippen LogP contribution in [0, 0.1) is 22.7 Å². The first-order valence-corrected chi connectivity index (χ1v) is 14.3. The Hall–Kier alpha value is -1.86. The van der Waals surface area contributed by atoms with Gasteiger partial charge < -0.3 is 15.1 Å². The lowest BCUT2D eigenvalue weighted by molar-refractivity contribution is -0.126. The Labute approximate surface area is 220 Å². The zero-order valence-corrected chi connectivity index (χ0v) is 23.3. The average molecular weight is 520 g/mol. The third kappa shape index (κ3) is 7.10. The van der Waals surface area contributed by atoms with Crippen molar-refractivity contribution in [1.29, 1.82) is 10.8 Å². The molecule has 3 unspecified atom stereocenters. The van der Waals surface area contributed by atoms with Crippen molar-refractivity contribution in [2.45, 2.75) is 97.2 Å². The Kier molecular flexibility index (Phi) is 9.82. The molecule has 3 rings (SSSR count). The molecule has 0 radical (unpaired) electrons. The highest BCUT2D eigenvalue weighted by molar-refractivity contribution is 7.16. The second-order valence-corrected chi connectivity index (χ2v) is 12.1. The lowest BCUT2D eigenvalue weighted by atomic mass is 9.88. The van der Waals surface area contributed by atoms with Gasteiger partial charge in [-0.3, -0.25) is 15.6 Å². The molecule has 2 fully saturated rings. The third-order valence-electron chi connectivity index (χ3n) is 7.45. The molecule has 0 bridgehead atoms. The SMILES string of the molecule is C=C1C(CC(CC)N(C(C)=N)C(=N)C(C)C)N1CCC(NC(=O)C1CCCCC1)c1ccc(Cl)s1. The van der Waals surface area contributed by atoms with Crippen LogP contribution in [0.4, 0.5) is 0 Å². The van der Waals surface area contributed by atoms with Crippen molar-refractivity contribution in [3.05, 3.63) is 33.6 Å². The van der Waals surface area contributed by atoms with E-state index in [1.807, 2.05) is 30.9 Å². The fraction of sp³-hybridized carbons (Fsp3) is 0.667. The van der Waals surface area contributed by atoms with E-state index in [2.05, 4.69) is 23.7 Å². The summed E-state index contributed by atoms with van der Waals surface area (Å²) in [5.41, 5.74) is 1.11. The first kappa shape index (κ1) is 27.7. The Bertz CT molecular complexity index is 922. The highest BCUT2D eigenvalue weighted by atomic mass is 35.5. The van der Waals surface area contributed by atoms with Gasteiger partial charge in [0.05, 0.1) is 22.3 Å². The molecule has 0 aromatic carbocycles. The maximum Gasteiger partial charge on any atom is 0.223 e. The Morgan fingerprint density at radius 1 is 1.29 bits per heavy atom. The van der Waals surface area contributed by atoms with E-state index in [1.54, 1.807) is 18.3 Å². The van der Waals surface area contributed by atoms with Crippen molar-refractivity contribution in [2.75, 3.05) is 6.54 Å². The maximum atomic E-state index is 13.0. The number of nitrogens with zero attached hydrogens (tertiary/aromatic N) is 2. The molecule has 194 valence electrons. The summed E-state index contributed by atoms with van der Waals surface area (Å²) >= 11 is 7.77. The molecule has 3 atom stereocenters. The zero-order chi connectivity index (χ0) is 25.7. The summed E-state index contributed by atoms with van der Waals surface area (Å²) < 4.78 is 0.742. The van der Waals surface area contributed by atoms with Crippen molar-refractivity contribution < 1.29 is 4.79 Å². The topological polar surface area (TPSA) is 83.1 Å². The zero-order valence-electron chi connectivity index (χ0n) is 21.7. The van der Waals surface area contributed by atoms with Crippen molar-refractivity contribution in [2.24, 2.45) is 11.8 Å². The maximum absolute atomic E-state index is 13.0. The van der Waals surface area contributed by atoms with Crippen molar-refractivity contribution in [3.63, 3.8) is 0 Å². The molecule has 3 N–H and O–H groups in total. The minimum atomic E-state index is -0.0487. The highest BCUT2D eigenvalue weighted by Crippen LogP contribution is 2.38. The molecule has 0 spiro atoms. The van der Waals surface area contributed by atoms with E-state index < -0.39 is 0 Å². The Morgan fingerprint density at radius 3 is 2.51 bits per heavy atom. The van der Waals surface area contributed by atoms with Crippen LogP contribution in [0.2, 0.25) is 4.34 Å². The number of thiophene rings is 1. The van der Waals surface area contributed by atoms with Crippen LogP contribution in [-0.4, -0.2) is 46.0 Å². The van der Waals surface area contributed by atoms with Crippen LogP contribution in [0.5, 0.6) is 0 Å². The lowest BCUT2D eigenvalue weighted by Crippen LogP contribution is -2.45. The summed E-state index contributed by atoms with van der Waals surface area (Å²) in [4.78, 5) is 18.3. The molecule has 1 saturated heterocycles. The molecule has 1 aromatic heterocycles. The number of rotatable bonds is 11. The van der Waals surface area contributed by atoms with Crippen LogP contribution < -0.4 is 5.32 Å². The number of nitrogens with one attached hydrogen (secondary N) is 3. The summed E-state index contributed by atoms with van der Waals surface area (Å²) in [5, 5.41) is 20.1. The number of hydrogen-bond acceptors (Lipinski definition) is 5. The van der Waals surface area contributed by atoms with Crippen molar-refractivity contribution in [1.82, 2.24) is 15.1 Å². The molecule has 1 saturated carbocycles. The van der Waals surface area contributed by atoms with Gasteiger partial charge in [-0.2, -0.15) is 0 Å². The molecule has 1 amide bonds. The van der Waals surface area contributed by atoms with Gasteiger partial charge in [0, 0.05) is 35.0 Å². The van der Waals surface area contributed by atoms with Gasteiger partial charge in [0.2, 0.25) is 5.91 Å². The van der Waals surface area contributed by atoms with Crippen LogP contribution in [0.15, 0.2) is 24.4 Å². The Morgan fingerprint density at radius 2 is 1.97 bits per heavy atom. The van der Waals surface area contributed by atoms with E-state index in [1.165, 1.54) is 6.42 Å². The van der Waals surface area contributed by atoms with E-state index in [0.29, 0.717) is 11.7 Å². The largest absolute Gasteiger partial charge is 0.365 e. The second-order valence-electron chi connectivity index (χ2n) is 10.3. The fourth-order valence-electron chi connectivity index (χ4n) is 5.26. The highest BCUT2D eigenvalue weighted by Gasteiger charge is 2.41. The van der Waals surface area contributed by atoms with Crippen LogP contribution in [0.25, 0.3) is 0 Å². The van der Waals surface area contributed by atoms with Crippen LogP contribution in [0.1, 0.15) is 90.0 Å². The smallest absolute Gasteiger partial charge is 0.223 e. The molecule has 2 aliphatic rings. The van der Waals surface area contributed by atoms with Gasteiger partial charge in [-0.1, -0.05) is 58.2 Å². The summed E-state index contributed by atoms with van der Waals surface area (Å²) in [6.45, 7) is 13.0. The Balaban J connectivity index is 1.62. The first-order valence-electron chi connectivity index (χ1n) is 13.1. The molecular weight excluding hydrogens is 478 g/mol. The molecular formula is C27H42ClN5OS. The van der Waals surface area contributed by atoms with E-state index in [9.17, 15) is 4.79 Å². The number of hydrogen-bond donors (Lipinski definition) is 3. The summed E-state index contributed by atoms with van der Waals surface area (Å²) in [5.74, 6) is 1.31. The number of carbonyl (C=O) groups is 1. The van der Waals surface area contributed by atoms with Gasteiger partial charge in [-0.15, -0.1) is 11.3 Å². The molecule has 6 nitrogen and oxygen atoms in total. The minimum absolute atomic E-state index is 0.0487. The molecule has 1 aliphatic heterocycles. The van der Waals surface area contributed by atoms with Crippen molar-refractivity contribution in [3.8, 4) is 0 Å². The predicted molar refractivity (Wildman–Crippen MR) is 148 cm³/mol. The quantitative estimate of drug-likeness (QED) is 0.170. The molecule has 35 heavy (non-hydrogen) atoms. The number of carbonyl (C=O) groups excluding carboxylic acids is 1. The standard InChI is InChI=1S/C27H42ClN5OS/c1-6-21(33(19(5)29)26(30)17(2)3)16-23-18(4)32(23)15-14-22(24-12-13-25(28)35-24)31-27(34)20-10-8-7-9-11-20/h12-13,17,20-23,29-30H,4,6-11,14-16H2,1-3,5H3,(H,31,34). The van der Waals surface area contributed by atoms with Gasteiger partial charge in [0.1, 0.15) is 5.84 Å². The van der Waals surface area contributed by atoms with Crippen LogP contribution in [0.3, 0.4) is 0 Å². The van der Waals surface area contributed by atoms with Gasteiger partial charge in [-0.05, 0) is 51.2 Å². The predicted octanol–water partition coefficient (Wildman–Crippen LogP) is 6.83. The number of amidine groups is 2. The van der Waals surface area contributed by atoms with Crippen molar-refractivity contribution >= 4 is 40.5 Å². The third-order valence-corrected chi connectivity index (χ3v) is 8.79. The van der Waals surface area contributed by atoms with Gasteiger partial charge >= 0.3 is 0 Å². The average Bonchev–Trinajstić information content (AvgIpc) is 3.21. The summed E-state index contributed by atoms with van der Waals surface area (Å²) in [6, 6.07) is 4.25. The van der Waals surface area contributed by atoms with E-state index in [4.69, 9.17) is 22.4 Å². The lowest BCUT2D eigenvalue weighted by Gasteiger charge is -2.34. The number of halogens is 1. The fourth-order valence-corrected chi connectivity index (χ4v) is 6.41. The molecule has 8 heteroatoms. The van der Waals surface area contributed by atoms with E-state index in [0.717, 1.165) is 66.4 Å². The molecule has 1 aliphatic carbocycles. The van der Waals surface area contributed by atoms with E-state index in [-0.39, 0.29) is 35.9 Å². The normalized spacial score (nSPS) is 20.0. The molecule has 1 aromatic rings. The van der Waals surface area contributed by atoms with Gasteiger partial charge in [0.25, 0.3) is 0 Å². The van der Waals surface area contributed by atoms with Gasteiger partial charge in [-0.25, -0.2) is 0 Å². The minimum Gasteiger partial charge on any atom is -0.365 e. The van der Waals surface area contributed by atoms with Crippen LogP contribution >= 0.6 is 22.9 Å². The van der Waals surface area contributed by atoms with E-state index >= 15 is 0 Å². The molecule has 2 heterocycles. The van der Waals surface area contributed by atoms with Crippen LogP contribution in [-0.2, 0) is 4.79 Å². The second kappa shape index (κ2) is 12.4. The monoisotopic (exact) mass is 519 g/mol. The van der Waals surface area contributed by atoms with Gasteiger partial charge in [0.15, 0.2) is 0 Å². The first-order chi connectivity index (χ1) is 16.6. The number of amides is 1. The summed E-state index contributed by atoms with van der Waals surface area (Å²) in [7, 11) is 0.